The van der Waals surface area contributed by atoms with Gasteiger partial charge in [-0.3, -0.25) is 15.5 Å². The molecule has 0 spiro atoms. The third-order valence-electron chi connectivity index (χ3n) is 6.41. The van der Waals surface area contributed by atoms with E-state index in [-0.39, 0.29) is 17.3 Å². The average molecular weight is 466 g/mol. The van der Waals surface area contributed by atoms with Crippen LogP contribution in [0.15, 0.2) is 42.6 Å². The topological polar surface area (TPSA) is 80.4 Å². The first kappa shape index (κ1) is 21.8. The molecule has 0 bridgehead atoms. The number of nitrogens with zero attached hydrogens (tertiary/aromatic N) is 1. The predicted molar refractivity (Wildman–Crippen MR) is 125 cm³/mol. The van der Waals surface area contributed by atoms with E-state index in [4.69, 9.17) is 0 Å². The van der Waals surface area contributed by atoms with E-state index in [0.717, 1.165) is 22.5 Å². The maximum absolute atomic E-state index is 13.7. The van der Waals surface area contributed by atoms with Crippen LogP contribution in [-0.4, -0.2) is 29.2 Å². The van der Waals surface area contributed by atoms with Gasteiger partial charge in [0, 0.05) is 40.9 Å². The SMILES string of the molecule is Cc1cc2c(c(NO)c1-c1cccc3c(C(=O)c4cc(F)c(F)c(F)c4)c[nH]c13)NC(C)N2C. The zero-order valence-electron chi connectivity index (χ0n) is 18.6. The summed E-state index contributed by atoms with van der Waals surface area (Å²) in [4.78, 5) is 18.2. The molecule has 1 atom stereocenters. The number of benzene rings is 3. The maximum Gasteiger partial charge on any atom is 0.195 e. The van der Waals surface area contributed by atoms with Gasteiger partial charge in [0.1, 0.15) is 0 Å². The zero-order valence-corrected chi connectivity index (χ0v) is 18.6. The number of ketones is 1. The number of carbonyl (C=O) groups excluding carboxylic acids is 1. The second-order valence-electron chi connectivity index (χ2n) is 8.39. The lowest BCUT2D eigenvalue weighted by Gasteiger charge is -2.19. The highest BCUT2D eigenvalue weighted by molar-refractivity contribution is 6.18. The van der Waals surface area contributed by atoms with Gasteiger partial charge in [-0.25, -0.2) is 13.2 Å². The minimum absolute atomic E-state index is 0.0266. The van der Waals surface area contributed by atoms with Crippen molar-refractivity contribution >= 4 is 33.7 Å². The summed E-state index contributed by atoms with van der Waals surface area (Å²) in [6.07, 6.45) is 1.48. The number of carbonyl (C=O) groups is 1. The minimum Gasteiger partial charge on any atom is -0.362 e. The Bertz CT molecular complexity index is 1460. The van der Waals surface area contributed by atoms with Crippen LogP contribution < -0.4 is 15.7 Å². The van der Waals surface area contributed by atoms with E-state index in [0.29, 0.717) is 34.3 Å². The summed E-state index contributed by atoms with van der Waals surface area (Å²) >= 11 is 0. The quantitative estimate of drug-likeness (QED) is 0.174. The second kappa shape index (κ2) is 7.81. The van der Waals surface area contributed by atoms with Crippen LogP contribution in [-0.2, 0) is 0 Å². The summed E-state index contributed by atoms with van der Waals surface area (Å²) < 4.78 is 40.8. The number of hydrogen-bond acceptors (Lipinski definition) is 5. The molecule has 1 aliphatic heterocycles. The fourth-order valence-electron chi connectivity index (χ4n) is 4.59. The van der Waals surface area contributed by atoms with Gasteiger partial charge < -0.3 is 15.2 Å². The predicted octanol–water partition coefficient (Wildman–Crippen LogP) is 5.80. The Morgan fingerprint density at radius 1 is 1.15 bits per heavy atom. The van der Waals surface area contributed by atoms with E-state index in [1.54, 1.807) is 12.1 Å². The van der Waals surface area contributed by atoms with Gasteiger partial charge in [0.15, 0.2) is 23.2 Å². The number of halogens is 3. The van der Waals surface area contributed by atoms with Crippen molar-refractivity contribution in [3.05, 3.63) is 76.7 Å². The van der Waals surface area contributed by atoms with E-state index in [2.05, 4.69) is 20.7 Å². The summed E-state index contributed by atoms with van der Waals surface area (Å²) in [6.45, 7) is 3.92. The van der Waals surface area contributed by atoms with E-state index < -0.39 is 23.2 Å². The van der Waals surface area contributed by atoms with E-state index in [1.165, 1.54) is 6.20 Å². The molecule has 0 aliphatic carbocycles. The maximum atomic E-state index is 13.7. The summed E-state index contributed by atoms with van der Waals surface area (Å²) in [5, 5.41) is 13.9. The molecule has 0 fully saturated rings. The normalized spacial score (nSPS) is 14.9. The zero-order chi connectivity index (χ0) is 24.3. The summed E-state index contributed by atoms with van der Waals surface area (Å²) in [5.41, 5.74) is 7.31. The number of para-hydroxylation sites is 1. The Labute approximate surface area is 193 Å². The van der Waals surface area contributed by atoms with Crippen molar-refractivity contribution in [3.63, 3.8) is 0 Å². The monoisotopic (exact) mass is 466 g/mol. The molecule has 2 heterocycles. The summed E-state index contributed by atoms with van der Waals surface area (Å²) in [7, 11) is 1.95. The smallest absolute Gasteiger partial charge is 0.195 e. The number of aromatic amines is 1. The fourth-order valence-corrected chi connectivity index (χ4v) is 4.59. The van der Waals surface area contributed by atoms with Crippen LogP contribution in [0.4, 0.5) is 30.2 Å². The first-order chi connectivity index (χ1) is 16.2. The molecular formula is C25H21F3N4O2. The lowest BCUT2D eigenvalue weighted by molar-refractivity contribution is 0.103. The standard InChI is InChI=1S/C25H21F3N4O2/c1-11-7-19-23(30-12(2)32(19)3)24(31-34)20(11)15-6-4-5-14-16(10-29-22(14)15)25(33)13-8-17(26)21(28)18(27)9-13/h4-10,12,29-31,34H,1-3H3. The molecule has 9 heteroatoms. The number of aromatic nitrogens is 1. The molecule has 3 aromatic carbocycles. The van der Waals surface area contributed by atoms with Crippen molar-refractivity contribution in [2.75, 3.05) is 22.7 Å². The van der Waals surface area contributed by atoms with Gasteiger partial charge in [-0.1, -0.05) is 18.2 Å². The minimum atomic E-state index is -1.62. The molecule has 0 amide bonds. The largest absolute Gasteiger partial charge is 0.362 e. The van der Waals surface area contributed by atoms with Crippen LogP contribution >= 0.6 is 0 Å². The highest BCUT2D eigenvalue weighted by Gasteiger charge is 2.29. The fraction of sp³-hybridized carbons (Fsp3) is 0.160. The number of nitrogens with one attached hydrogen (secondary N) is 3. The van der Waals surface area contributed by atoms with Crippen molar-refractivity contribution in [3.8, 4) is 11.1 Å². The second-order valence-corrected chi connectivity index (χ2v) is 8.39. The molecule has 174 valence electrons. The Hall–Kier alpha value is -3.98. The Morgan fingerprint density at radius 3 is 2.53 bits per heavy atom. The highest BCUT2D eigenvalue weighted by Crippen LogP contribution is 2.48. The van der Waals surface area contributed by atoms with Crippen LogP contribution in [0.2, 0.25) is 0 Å². The average Bonchev–Trinajstić information content (AvgIpc) is 3.37. The molecule has 0 radical (unpaired) electrons. The highest BCUT2D eigenvalue weighted by atomic mass is 19.2. The first-order valence-electron chi connectivity index (χ1n) is 10.6. The Kier molecular flexibility index (Phi) is 5.02. The molecule has 1 aliphatic rings. The molecule has 4 aromatic rings. The number of hydrogen-bond donors (Lipinski definition) is 4. The lowest BCUT2D eigenvalue weighted by Crippen LogP contribution is -2.28. The molecule has 4 N–H and O–H groups in total. The summed E-state index contributed by atoms with van der Waals surface area (Å²) in [6, 6.07) is 8.70. The first-order valence-corrected chi connectivity index (χ1v) is 10.6. The van der Waals surface area contributed by atoms with Crippen molar-refractivity contribution < 1.29 is 23.2 Å². The third-order valence-corrected chi connectivity index (χ3v) is 6.41. The van der Waals surface area contributed by atoms with Gasteiger partial charge in [-0.05, 0) is 37.6 Å². The van der Waals surface area contributed by atoms with Gasteiger partial charge in [0.05, 0.1) is 28.7 Å². The van der Waals surface area contributed by atoms with Gasteiger partial charge in [0.2, 0.25) is 0 Å². The third kappa shape index (κ3) is 3.12. The molecule has 1 aromatic heterocycles. The van der Waals surface area contributed by atoms with Crippen molar-refractivity contribution in [1.29, 1.82) is 0 Å². The van der Waals surface area contributed by atoms with Gasteiger partial charge in [0.25, 0.3) is 0 Å². The summed E-state index contributed by atoms with van der Waals surface area (Å²) in [5.74, 6) is -5.13. The van der Waals surface area contributed by atoms with Crippen LogP contribution in [0.1, 0.15) is 28.4 Å². The van der Waals surface area contributed by atoms with Crippen LogP contribution in [0.25, 0.3) is 22.0 Å². The van der Waals surface area contributed by atoms with Crippen LogP contribution in [0.3, 0.4) is 0 Å². The number of H-pyrrole nitrogens is 1. The molecule has 5 rings (SSSR count). The van der Waals surface area contributed by atoms with E-state index >= 15 is 0 Å². The van der Waals surface area contributed by atoms with E-state index in [9.17, 15) is 23.2 Å². The molecule has 0 saturated carbocycles. The lowest BCUT2D eigenvalue weighted by atomic mass is 9.93. The molecule has 1 unspecified atom stereocenters. The molecule has 34 heavy (non-hydrogen) atoms. The van der Waals surface area contributed by atoms with Crippen LogP contribution in [0.5, 0.6) is 0 Å². The Morgan fingerprint density at radius 2 is 1.85 bits per heavy atom. The van der Waals surface area contributed by atoms with Crippen molar-refractivity contribution in [2.45, 2.75) is 20.0 Å². The molecule has 0 saturated heterocycles. The van der Waals surface area contributed by atoms with Crippen molar-refractivity contribution in [2.24, 2.45) is 0 Å². The van der Waals surface area contributed by atoms with Crippen molar-refractivity contribution in [1.82, 2.24) is 4.98 Å². The number of anilines is 3. The number of fused-ring (bicyclic) bond motifs is 2. The number of rotatable bonds is 4. The molecular weight excluding hydrogens is 445 g/mol. The van der Waals surface area contributed by atoms with E-state index in [1.807, 2.05) is 33.0 Å². The molecule has 6 nitrogen and oxygen atoms in total. The van der Waals surface area contributed by atoms with Gasteiger partial charge in [-0.2, -0.15) is 0 Å². The van der Waals surface area contributed by atoms with Gasteiger partial charge >= 0.3 is 0 Å². The Balaban J connectivity index is 1.68. The number of aryl methyl sites for hydroxylation is 1. The van der Waals surface area contributed by atoms with Crippen LogP contribution in [0, 0.1) is 24.4 Å². The van der Waals surface area contributed by atoms with Gasteiger partial charge in [-0.15, -0.1) is 0 Å².